The Morgan fingerprint density at radius 3 is 3.05 bits per heavy atom. The zero-order valence-electron chi connectivity index (χ0n) is 9.85. The minimum absolute atomic E-state index is 0.0472. The van der Waals surface area contributed by atoms with E-state index in [4.69, 9.17) is 10.3 Å². The van der Waals surface area contributed by atoms with Crippen LogP contribution in [0.2, 0.25) is 0 Å². The molecule has 0 saturated heterocycles. The van der Waals surface area contributed by atoms with Crippen LogP contribution in [0, 0.1) is 0 Å². The maximum Gasteiger partial charge on any atom is 0.262 e. The van der Waals surface area contributed by atoms with Crippen LogP contribution < -0.4 is 10.1 Å². The Kier molecular flexibility index (Phi) is 3.86. The molecule has 8 heteroatoms. The van der Waals surface area contributed by atoms with E-state index >= 15 is 0 Å². The van der Waals surface area contributed by atoms with Crippen LogP contribution in [0.15, 0.2) is 23.3 Å². The minimum Gasteiger partial charge on any atom is -0.482 e. The predicted octanol–water partition coefficient (Wildman–Crippen LogP) is 0.722. The van der Waals surface area contributed by atoms with Gasteiger partial charge in [-0.15, -0.1) is 0 Å². The second-order valence-corrected chi connectivity index (χ2v) is 4.02. The third-order valence-electron chi connectivity index (χ3n) is 2.67. The summed E-state index contributed by atoms with van der Waals surface area (Å²) in [5, 5.41) is 25.3. The van der Waals surface area contributed by atoms with E-state index < -0.39 is 12.2 Å². The molecule has 3 N–H and O–H groups in total. The number of azide groups is 1. The van der Waals surface area contributed by atoms with E-state index in [0.717, 1.165) is 0 Å². The zero-order valence-corrected chi connectivity index (χ0v) is 9.85. The van der Waals surface area contributed by atoms with Crippen molar-refractivity contribution in [3.8, 4) is 5.75 Å². The number of nitrogens with one attached hydrogen (secondary N) is 1. The summed E-state index contributed by atoms with van der Waals surface area (Å²) in [7, 11) is 0. The lowest BCUT2D eigenvalue weighted by Crippen LogP contribution is -2.26. The van der Waals surface area contributed by atoms with Gasteiger partial charge < -0.3 is 20.3 Å². The van der Waals surface area contributed by atoms with Crippen LogP contribution in [-0.2, 0) is 4.79 Å². The number of carbonyl (C=O) groups is 1. The second-order valence-electron chi connectivity index (χ2n) is 4.02. The molecule has 0 fully saturated rings. The van der Waals surface area contributed by atoms with Gasteiger partial charge in [0.15, 0.2) is 6.61 Å². The van der Waals surface area contributed by atoms with Gasteiger partial charge in [0.25, 0.3) is 5.91 Å². The highest BCUT2D eigenvalue weighted by molar-refractivity contribution is 5.95. The van der Waals surface area contributed by atoms with Gasteiger partial charge in [-0.25, -0.2) is 0 Å². The molecule has 2 atom stereocenters. The lowest BCUT2D eigenvalue weighted by atomic mass is 10.0. The fourth-order valence-electron chi connectivity index (χ4n) is 1.73. The number of anilines is 1. The average molecular weight is 264 g/mol. The summed E-state index contributed by atoms with van der Waals surface area (Å²) in [4.78, 5) is 13.7. The predicted molar refractivity (Wildman–Crippen MR) is 65.5 cm³/mol. The fraction of sp³-hybridized carbons (Fsp3) is 0.364. The first-order valence-electron chi connectivity index (χ1n) is 5.55. The van der Waals surface area contributed by atoms with Gasteiger partial charge in [0, 0.05) is 4.91 Å². The van der Waals surface area contributed by atoms with Crippen molar-refractivity contribution >= 4 is 11.6 Å². The van der Waals surface area contributed by atoms with E-state index in [1.165, 1.54) is 6.07 Å². The number of hydrogen-bond acceptors (Lipinski definition) is 5. The molecule has 8 nitrogen and oxygen atoms in total. The minimum atomic E-state index is -1.21. The van der Waals surface area contributed by atoms with E-state index in [0.29, 0.717) is 17.0 Å². The molecule has 19 heavy (non-hydrogen) atoms. The van der Waals surface area contributed by atoms with Crippen LogP contribution in [0.5, 0.6) is 5.75 Å². The maximum absolute atomic E-state index is 11.2. The largest absolute Gasteiger partial charge is 0.482 e. The first-order valence-corrected chi connectivity index (χ1v) is 5.55. The smallest absolute Gasteiger partial charge is 0.262 e. The van der Waals surface area contributed by atoms with Crippen LogP contribution in [0.1, 0.15) is 11.7 Å². The van der Waals surface area contributed by atoms with E-state index in [1.807, 2.05) is 0 Å². The number of hydrogen-bond donors (Lipinski definition) is 3. The van der Waals surface area contributed by atoms with Crippen LogP contribution in [0.3, 0.4) is 0 Å². The Balaban J connectivity index is 2.19. The van der Waals surface area contributed by atoms with Crippen molar-refractivity contribution in [3.63, 3.8) is 0 Å². The lowest BCUT2D eigenvalue weighted by molar-refractivity contribution is -0.118. The lowest BCUT2D eigenvalue weighted by Gasteiger charge is -2.21. The van der Waals surface area contributed by atoms with Gasteiger partial charge in [0.05, 0.1) is 18.3 Å². The number of ether oxygens (including phenoxy) is 1. The molecular formula is C11H12N4O4. The number of benzene rings is 1. The van der Waals surface area contributed by atoms with Gasteiger partial charge in [-0.05, 0) is 23.2 Å². The van der Waals surface area contributed by atoms with Gasteiger partial charge in [-0.1, -0.05) is 11.2 Å². The average Bonchev–Trinajstić information content (AvgIpc) is 2.43. The van der Waals surface area contributed by atoms with E-state index in [2.05, 4.69) is 15.3 Å². The molecule has 0 aliphatic carbocycles. The summed E-state index contributed by atoms with van der Waals surface area (Å²) < 4.78 is 5.17. The van der Waals surface area contributed by atoms with E-state index in [9.17, 15) is 15.0 Å². The summed E-state index contributed by atoms with van der Waals surface area (Å²) in [6.07, 6.45) is -2.43. The first kappa shape index (κ1) is 13.2. The van der Waals surface area contributed by atoms with Crippen molar-refractivity contribution < 1.29 is 19.7 Å². The van der Waals surface area contributed by atoms with Gasteiger partial charge in [0.1, 0.15) is 11.9 Å². The molecule has 0 radical (unpaired) electrons. The van der Waals surface area contributed by atoms with Gasteiger partial charge in [-0.3, -0.25) is 4.79 Å². The highest BCUT2D eigenvalue weighted by atomic mass is 16.5. The highest BCUT2D eigenvalue weighted by Gasteiger charge is 2.21. The number of aliphatic hydroxyl groups is 2. The Hall–Kier alpha value is -2.28. The van der Waals surface area contributed by atoms with Crippen LogP contribution in [0.25, 0.3) is 10.4 Å². The van der Waals surface area contributed by atoms with Crippen molar-refractivity contribution in [2.24, 2.45) is 5.11 Å². The number of aliphatic hydroxyl groups excluding tert-OH is 2. The highest BCUT2D eigenvalue weighted by Crippen LogP contribution is 2.31. The third-order valence-corrected chi connectivity index (χ3v) is 2.67. The maximum atomic E-state index is 11.2. The molecule has 2 unspecified atom stereocenters. The molecule has 1 aliphatic heterocycles. The molecule has 1 aliphatic rings. The summed E-state index contributed by atoms with van der Waals surface area (Å²) in [5.74, 6) is 0.217. The van der Waals surface area contributed by atoms with E-state index in [1.54, 1.807) is 12.1 Å². The SMILES string of the molecule is [N-]=[N+]=NCC(O)C(O)c1ccc2c(c1)NC(=O)CO2. The van der Waals surface area contributed by atoms with Crippen LogP contribution >= 0.6 is 0 Å². The summed E-state index contributed by atoms with van der Waals surface area (Å²) >= 11 is 0. The van der Waals surface area contributed by atoms with Crippen molar-refractivity contribution in [2.45, 2.75) is 12.2 Å². The molecule has 1 aromatic carbocycles. The number of amides is 1. The molecule has 1 amide bonds. The van der Waals surface area contributed by atoms with E-state index in [-0.39, 0.29) is 19.1 Å². The molecule has 0 saturated carbocycles. The normalized spacial score (nSPS) is 16.4. The van der Waals surface area contributed by atoms with Crippen molar-refractivity contribution in [3.05, 3.63) is 34.2 Å². The summed E-state index contributed by atoms with van der Waals surface area (Å²) in [6, 6.07) is 4.67. The Labute approximate surface area is 108 Å². The standard InChI is InChI=1S/C11H12N4O4/c12-15-13-4-8(16)11(18)6-1-2-9-7(3-6)14-10(17)5-19-9/h1-3,8,11,16,18H,4-5H2,(H,14,17). The molecule has 0 spiro atoms. The summed E-state index contributed by atoms with van der Waals surface area (Å²) in [5.41, 5.74) is 8.98. The molecule has 100 valence electrons. The first-order chi connectivity index (χ1) is 9.11. The molecule has 2 rings (SSSR count). The number of fused-ring (bicyclic) bond motifs is 1. The molecule has 1 aromatic rings. The topological polar surface area (TPSA) is 128 Å². The monoisotopic (exact) mass is 264 g/mol. The Bertz CT molecular complexity index is 541. The number of carbonyl (C=O) groups excluding carboxylic acids is 1. The van der Waals surface area contributed by atoms with Crippen molar-refractivity contribution in [1.29, 1.82) is 0 Å². The molecule has 0 aromatic heterocycles. The zero-order chi connectivity index (χ0) is 13.8. The second kappa shape index (κ2) is 5.57. The van der Waals surface area contributed by atoms with Gasteiger partial charge >= 0.3 is 0 Å². The Morgan fingerprint density at radius 1 is 1.53 bits per heavy atom. The Morgan fingerprint density at radius 2 is 2.32 bits per heavy atom. The molecular weight excluding hydrogens is 252 g/mol. The molecule has 1 heterocycles. The van der Waals surface area contributed by atoms with Crippen molar-refractivity contribution in [2.75, 3.05) is 18.5 Å². The number of rotatable bonds is 4. The van der Waals surface area contributed by atoms with Crippen LogP contribution in [-0.4, -0.2) is 35.4 Å². The molecule has 0 bridgehead atoms. The van der Waals surface area contributed by atoms with Gasteiger partial charge in [-0.2, -0.15) is 0 Å². The van der Waals surface area contributed by atoms with Crippen molar-refractivity contribution in [1.82, 2.24) is 0 Å². The number of nitrogens with zero attached hydrogens (tertiary/aromatic N) is 3. The quantitative estimate of drug-likeness (QED) is 0.420. The fourth-order valence-corrected chi connectivity index (χ4v) is 1.73. The third kappa shape index (κ3) is 2.94. The summed E-state index contributed by atoms with van der Waals surface area (Å²) in [6.45, 7) is -0.286. The van der Waals surface area contributed by atoms with Crippen LogP contribution in [0.4, 0.5) is 5.69 Å². The van der Waals surface area contributed by atoms with Gasteiger partial charge in [0.2, 0.25) is 0 Å².